The number of nitrogens with zero attached hydrogens (tertiary/aromatic N) is 1. The first kappa shape index (κ1) is 21.2. The summed E-state index contributed by atoms with van der Waals surface area (Å²) in [6.45, 7) is 2.84. The van der Waals surface area contributed by atoms with Crippen LogP contribution in [0.1, 0.15) is 23.1 Å². The molecule has 4 aromatic rings. The molecular formula is C26H20F2N2O2. The SMILES string of the molecule is C=CC(=O)Oc1ccccc1/C(=C(\CCF)c1ccc(F)cc1)c1ccc2[nH]ncc2c1. The van der Waals surface area contributed by atoms with Crippen LogP contribution >= 0.6 is 0 Å². The van der Waals surface area contributed by atoms with Crippen LogP contribution in [-0.4, -0.2) is 22.8 Å². The first-order valence-corrected chi connectivity index (χ1v) is 10.0. The number of hydrogen-bond donors (Lipinski definition) is 1. The number of esters is 1. The molecule has 6 heteroatoms. The van der Waals surface area contributed by atoms with Gasteiger partial charge in [-0.25, -0.2) is 9.18 Å². The minimum absolute atomic E-state index is 0.0914. The van der Waals surface area contributed by atoms with Gasteiger partial charge in [0.2, 0.25) is 0 Å². The Hall–Kier alpha value is -4.06. The summed E-state index contributed by atoms with van der Waals surface area (Å²) >= 11 is 0. The largest absolute Gasteiger partial charge is 0.423 e. The van der Waals surface area contributed by atoms with E-state index in [0.717, 1.165) is 22.5 Å². The van der Waals surface area contributed by atoms with Gasteiger partial charge in [-0.1, -0.05) is 43.0 Å². The molecule has 1 heterocycles. The Balaban J connectivity index is 2.02. The van der Waals surface area contributed by atoms with Crippen LogP contribution in [-0.2, 0) is 4.79 Å². The molecule has 0 unspecified atom stereocenters. The zero-order valence-electron chi connectivity index (χ0n) is 17.1. The minimum Gasteiger partial charge on any atom is -0.423 e. The molecule has 4 nitrogen and oxygen atoms in total. The Kier molecular flexibility index (Phi) is 6.22. The smallest absolute Gasteiger partial charge is 0.335 e. The normalized spacial score (nSPS) is 11.8. The third kappa shape index (κ3) is 4.34. The van der Waals surface area contributed by atoms with E-state index in [2.05, 4.69) is 16.8 Å². The molecule has 0 aliphatic heterocycles. The van der Waals surface area contributed by atoms with E-state index in [0.29, 0.717) is 28.0 Å². The molecule has 0 amide bonds. The number of H-pyrrole nitrogens is 1. The second kappa shape index (κ2) is 9.39. The summed E-state index contributed by atoms with van der Waals surface area (Å²) in [6.07, 6.45) is 2.88. The first-order chi connectivity index (χ1) is 15.6. The first-order valence-electron chi connectivity index (χ1n) is 10.0. The summed E-state index contributed by atoms with van der Waals surface area (Å²) in [5.74, 6) is -0.663. The van der Waals surface area contributed by atoms with Crippen molar-refractivity contribution in [2.45, 2.75) is 6.42 Å². The maximum Gasteiger partial charge on any atom is 0.335 e. The van der Waals surface area contributed by atoms with E-state index < -0.39 is 12.6 Å². The predicted molar refractivity (Wildman–Crippen MR) is 121 cm³/mol. The van der Waals surface area contributed by atoms with Gasteiger partial charge in [0, 0.05) is 23.4 Å². The quantitative estimate of drug-likeness (QED) is 0.167. The third-order valence-electron chi connectivity index (χ3n) is 5.10. The molecule has 0 bridgehead atoms. The number of nitrogens with one attached hydrogen (secondary N) is 1. The van der Waals surface area contributed by atoms with Crippen LogP contribution in [0, 0.1) is 5.82 Å². The fourth-order valence-corrected chi connectivity index (χ4v) is 3.66. The number of rotatable bonds is 7. The molecule has 0 spiro atoms. The average Bonchev–Trinajstić information content (AvgIpc) is 3.28. The number of hydrogen-bond acceptors (Lipinski definition) is 3. The fourth-order valence-electron chi connectivity index (χ4n) is 3.66. The minimum atomic E-state index is -0.612. The lowest BCUT2D eigenvalue weighted by atomic mass is 9.87. The van der Waals surface area contributed by atoms with Gasteiger partial charge in [-0.15, -0.1) is 0 Å². The van der Waals surface area contributed by atoms with Crippen LogP contribution in [0.5, 0.6) is 5.75 Å². The van der Waals surface area contributed by atoms with Crippen LogP contribution in [0.15, 0.2) is 85.6 Å². The Bertz CT molecular complexity index is 1310. The van der Waals surface area contributed by atoms with Gasteiger partial charge >= 0.3 is 5.97 Å². The number of benzene rings is 3. The molecule has 1 N–H and O–H groups in total. The molecule has 0 aliphatic carbocycles. The number of ether oxygens (including phenoxy) is 1. The number of para-hydroxylation sites is 1. The van der Waals surface area contributed by atoms with Crippen molar-refractivity contribution in [3.05, 3.63) is 108 Å². The van der Waals surface area contributed by atoms with Crippen molar-refractivity contribution in [1.29, 1.82) is 0 Å². The summed E-state index contributed by atoms with van der Waals surface area (Å²) in [4.78, 5) is 12.0. The number of aromatic nitrogens is 2. The van der Waals surface area contributed by atoms with E-state index in [1.54, 1.807) is 30.5 Å². The molecule has 160 valence electrons. The summed E-state index contributed by atoms with van der Waals surface area (Å²) in [7, 11) is 0. The lowest BCUT2D eigenvalue weighted by Crippen LogP contribution is -2.06. The zero-order chi connectivity index (χ0) is 22.5. The summed E-state index contributed by atoms with van der Waals surface area (Å²) in [5.41, 5.74) is 4.28. The number of carbonyl (C=O) groups is 1. The van der Waals surface area contributed by atoms with Crippen molar-refractivity contribution in [3.8, 4) is 5.75 Å². The Morgan fingerprint density at radius 3 is 2.56 bits per heavy atom. The van der Waals surface area contributed by atoms with Gasteiger partial charge in [0.05, 0.1) is 18.4 Å². The summed E-state index contributed by atoms with van der Waals surface area (Å²) in [5, 5.41) is 7.86. The zero-order valence-corrected chi connectivity index (χ0v) is 17.1. The molecule has 32 heavy (non-hydrogen) atoms. The number of alkyl halides is 1. The monoisotopic (exact) mass is 430 g/mol. The third-order valence-corrected chi connectivity index (χ3v) is 5.10. The van der Waals surface area contributed by atoms with Crippen LogP contribution in [0.4, 0.5) is 8.78 Å². The number of allylic oxidation sites excluding steroid dienone is 1. The lowest BCUT2D eigenvalue weighted by molar-refractivity contribution is -0.128. The van der Waals surface area contributed by atoms with Crippen molar-refractivity contribution < 1.29 is 18.3 Å². The molecule has 1 aromatic heterocycles. The molecule has 4 rings (SSSR count). The summed E-state index contributed by atoms with van der Waals surface area (Å²) in [6, 6.07) is 18.7. The number of aromatic amines is 1. The highest BCUT2D eigenvalue weighted by Crippen LogP contribution is 2.39. The average molecular weight is 430 g/mol. The van der Waals surface area contributed by atoms with Gasteiger partial charge in [0.15, 0.2) is 0 Å². The molecular weight excluding hydrogens is 410 g/mol. The van der Waals surface area contributed by atoms with E-state index >= 15 is 0 Å². The van der Waals surface area contributed by atoms with Crippen molar-refractivity contribution in [3.63, 3.8) is 0 Å². The van der Waals surface area contributed by atoms with E-state index in [-0.39, 0.29) is 12.2 Å². The van der Waals surface area contributed by atoms with Crippen molar-refractivity contribution in [2.75, 3.05) is 6.67 Å². The molecule has 3 aromatic carbocycles. The Morgan fingerprint density at radius 1 is 1.06 bits per heavy atom. The van der Waals surface area contributed by atoms with Crippen LogP contribution in [0.3, 0.4) is 0 Å². The second-order valence-electron chi connectivity index (χ2n) is 7.09. The maximum absolute atomic E-state index is 13.7. The highest BCUT2D eigenvalue weighted by molar-refractivity contribution is 6.02. The predicted octanol–water partition coefficient (Wildman–Crippen LogP) is 6.11. The second-order valence-corrected chi connectivity index (χ2v) is 7.09. The maximum atomic E-state index is 13.7. The standard InChI is InChI=1S/C26H20F2N2O2/c1-2-25(31)32-24-6-4-3-5-22(24)26(18-9-12-23-19(15-18)16-29-30-23)21(13-14-27)17-7-10-20(28)11-8-17/h2-12,15-16H,1,13-14H2,(H,29,30)/b26-21+. The number of fused-ring (bicyclic) bond motifs is 1. The molecule has 0 aliphatic rings. The Labute approximate surface area is 183 Å². The van der Waals surface area contributed by atoms with E-state index in [1.807, 2.05) is 30.3 Å². The van der Waals surface area contributed by atoms with Crippen LogP contribution in [0.25, 0.3) is 22.0 Å². The van der Waals surface area contributed by atoms with E-state index in [4.69, 9.17) is 4.74 Å². The molecule has 0 saturated heterocycles. The number of halogens is 2. The highest BCUT2D eigenvalue weighted by atomic mass is 19.1. The molecule has 0 fully saturated rings. The van der Waals surface area contributed by atoms with E-state index in [1.165, 1.54) is 12.1 Å². The Morgan fingerprint density at radius 2 is 1.81 bits per heavy atom. The molecule has 0 radical (unpaired) electrons. The lowest BCUT2D eigenvalue weighted by Gasteiger charge is -2.19. The van der Waals surface area contributed by atoms with E-state index in [9.17, 15) is 13.6 Å². The van der Waals surface area contributed by atoms with Gasteiger partial charge in [-0.05, 0) is 52.6 Å². The van der Waals surface area contributed by atoms with Crippen molar-refractivity contribution in [2.24, 2.45) is 0 Å². The molecule has 0 saturated carbocycles. The summed E-state index contributed by atoms with van der Waals surface area (Å²) < 4.78 is 32.8. The van der Waals surface area contributed by atoms with Crippen molar-refractivity contribution >= 4 is 28.0 Å². The number of carbonyl (C=O) groups excluding carboxylic acids is 1. The van der Waals surface area contributed by atoms with Crippen molar-refractivity contribution in [1.82, 2.24) is 10.2 Å². The van der Waals surface area contributed by atoms with Crippen LogP contribution < -0.4 is 4.74 Å². The van der Waals surface area contributed by atoms with Gasteiger partial charge in [-0.2, -0.15) is 5.10 Å². The van der Waals surface area contributed by atoms with Gasteiger partial charge < -0.3 is 4.74 Å². The highest BCUT2D eigenvalue weighted by Gasteiger charge is 2.19. The molecule has 0 atom stereocenters. The fraction of sp³-hybridized carbons (Fsp3) is 0.0769. The van der Waals surface area contributed by atoms with Gasteiger partial charge in [0.25, 0.3) is 0 Å². The topological polar surface area (TPSA) is 55.0 Å². The van der Waals surface area contributed by atoms with Gasteiger partial charge in [0.1, 0.15) is 11.6 Å². The van der Waals surface area contributed by atoms with Crippen LogP contribution in [0.2, 0.25) is 0 Å². The van der Waals surface area contributed by atoms with Gasteiger partial charge in [-0.3, -0.25) is 9.49 Å².